The Labute approximate surface area is 206 Å². The van der Waals surface area contributed by atoms with Crippen LogP contribution in [0.4, 0.5) is 11.6 Å². The molecule has 5 rings (SSSR count). The molecule has 0 bridgehead atoms. The second-order valence-electron chi connectivity index (χ2n) is 8.07. The third-order valence-corrected chi connectivity index (χ3v) is 6.38. The molecule has 1 aliphatic rings. The fourth-order valence-corrected chi connectivity index (χ4v) is 4.53. The molecule has 4 aromatic rings. The van der Waals surface area contributed by atoms with Crippen molar-refractivity contribution in [3.8, 4) is 11.1 Å². The fraction of sp³-hybridized carbons (Fsp3) is 0.240. The summed E-state index contributed by atoms with van der Waals surface area (Å²) in [5.41, 5.74) is 1.57. The van der Waals surface area contributed by atoms with E-state index < -0.39 is 0 Å². The molecule has 3 heterocycles. The van der Waals surface area contributed by atoms with E-state index in [4.69, 9.17) is 32.8 Å². The van der Waals surface area contributed by atoms with Gasteiger partial charge in [0.2, 0.25) is 5.95 Å². The quantitative estimate of drug-likeness (QED) is 0.386. The van der Waals surface area contributed by atoms with Crippen LogP contribution in [0.5, 0.6) is 0 Å². The number of pyridine rings is 1. The van der Waals surface area contributed by atoms with Gasteiger partial charge in [0.1, 0.15) is 6.61 Å². The van der Waals surface area contributed by atoms with Crippen LogP contribution < -0.4 is 15.7 Å². The molecular weight excluding hydrogens is 475 g/mol. The summed E-state index contributed by atoms with van der Waals surface area (Å²) in [6, 6.07) is 16.4. The molecule has 0 unspecified atom stereocenters. The number of para-hydroxylation sites is 1. The van der Waals surface area contributed by atoms with Crippen LogP contribution in [0.25, 0.3) is 22.2 Å². The average molecular weight is 497 g/mol. The van der Waals surface area contributed by atoms with Gasteiger partial charge in [-0.3, -0.25) is 4.79 Å². The van der Waals surface area contributed by atoms with Gasteiger partial charge < -0.3 is 14.9 Å². The van der Waals surface area contributed by atoms with Crippen LogP contribution in [0, 0.1) is 5.92 Å². The summed E-state index contributed by atoms with van der Waals surface area (Å²) in [4.78, 5) is 28.8. The summed E-state index contributed by atoms with van der Waals surface area (Å²) in [7, 11) is 0. The van der Waals surface area contributed by atoms with E-state index in [1.807, 2.05) is 30.3 Å². The number of nitrogens with zero attached hydrogens (tertiary/aromatic N) is 3. The number of hydrogen-bond donors (Lipinski definition) is 1. The second kappa shape index (κ2) is 10.0. The van der Waals surface area contributed by atoms with Gasteiger partial charge in [-0.05, 0) is 49.1 Å². The van der Waals surface area contributed by atoms with Crippen LogP contribution in [-0.2, 0) is 4.74 Å². The van der Waals surface area contributed by atoms with Gasteiger partial charge in [0.15, 0.2) is 5.65 Å². The van der Waals surface area contributed by atoms with Crippen molar-refractivity contribution in [2.24, 2.45) is 5.92 Å². The number of fused-ring (bicyclic) bond motifs is 1. The maximum atomic E-state index is 13.6. The molecule has 1 fully saturated rings. The Kier molecular flexibility index (Phi) is 6.67. The first-order valence-corrected chi connectivity index (χ1v) is 11.8. The van der Waals surface area contributed by atoms with E-state index in [0.717, 1.165) is 18.5 Å². The lowest BCUT2D eigenvalue weighted by atomic mass is 10.0. The van der Waals surface area contributed by atoms with E-state index in [9.17, 15) is 4.79 Å². The largest absolute Gasteiger partial charge is 0.408 e. The topological polar surface area (TPSA) is 78.3 Å². The highest BCUT2D eigenvalue weighted by Crippen LogP contribution is 2.34. The molecule has 0 spiro atoms. The van der Waals surface area contributed by atoms with Gasteiger partial charge in [0, 0.05) is 36.0 Å². The molecule has 9 heteroatoms. The molecule has 0 amide bonds. The molecule has 7 nitrogen and oxygen atoms in total. The van der Waals surface area contributed by atoms with E-state index in [-0.39, 0.29) is 11.5 Å². The molecular formula is C25H22Cl2N4O3. The van der Waals surface area contributed by atoms with E-state index in [2.05, 4.69) is 15.3 Å². The lowest BCUT2D eigenvalue weighted by molar-refractivity contribution is 0.0153. The number of halogens is 2. The van der Waals surface area contributed by atoms with Gasteiger partial charge in [-0.1, -0.05) is 47.5 Å². The fourth-order valence-electron chi connectivity index (χ4n) is 3.93. The van der Waals surface area contributed by atoms with Gasteiger partial charge in [-0.25, -0.2) is 4.98 Å². The van der Waals surface area contributed by atoms with Crippen molar-refractivity contribution >= 4 is 45.9 Å². The first kappa shape index (κ1) is 22.7. The monoisotopic (exact) mass is 496 g/mol. The molecule has 1 aliphatic heterocycles. The number of benzene rings is 2. The Bertz CT molecular complexity index is 1350. The summed E-state index contributed by atoms with van der Waals surface area (Å²) >= 11 is 12.9. The molecule has 0 aliphatic carbocycles. The predicted molar refractivity (Wildman–Crippen MR) is 134 cm³/mol. The van der Waals surface area contributed by atoms with Crippen LogP contribution in [0.1, 0.15) is 12.8 Å². The number of anilines is 2. The minimum atomic E-state index is -0.390. The van der Waals surface area contributed by atoms with Crippen molar-refractivity contribution in [1.82, 2.24) is 14.7 Å². The lowest BCUT2D eigenvalue weighted by Gasteiger charge is -2.23. The lowest BCUT2D eigenvalue weighted by Crippen LogP contribution is -2.33. The van der Waals surface area contributed by atoms with E-state index in [1.54, 1.807) is 30.5 Å². The molecule has 0 radical (unpaired) electrons. The number of aromatic nitrogens is 3. The normalized spacial score (nSPS) is 14.3. The third-order valence-electron chi connectivity index (χ3n) is 5.75. The van der Waals surface area contributed by atoms with E-state index in [1.165, 1.54) is 4.73 Å². The molecule has 1 saturated heterocycles. The highest BCUT2D eigenvalue weighted by atomic mass is 35.5. The summed E-state index contributed by atoms with van der Waals surface area (Å²) in [5, 5.41) is 4.54. The standard InChI is InChI=1S/C25H22Cl2N4O3/c26-20-7-4-8-21(27)22(20)19-13-17-14-28-25(29-18-5-2-1-3-6-18)30-23(17)31(24(19)32)34-15-16-9-11-33-12-10-16/h1-8,13-14,16H,9-12,15H2,(H,28,29,30). The zero-order valence-corrected chi connectivity index (χ0v) is 19.7. The SMILES string of the molecule is O=c1c(-c2c(Cl)cccc2Cl)cc2cnc(Nc3ccccc3)nc2n1OCC1CCOCC1. The maximum absolute atomic E-state index is 13.6. The summed E-state index contributed by atoms with van der Waals surface area (Å²) in [6.07, 6.45) is 3.40. The van der Waals surface area contributed by atoms with Crippen molar-refractivity contribution in [2.45, 2.75) is 12.8 Å². The zero-order valence-electron chi connectivity index (χ0n) is 18.2. The summed E-state index contributed by atoms with van der Waals surface area (Å²) in [5.74, 6) is 0.636. The third kappa shape index (κ3) is 4.73. The van der Waals surface area contributed by atoms with Crippen molar-refractivity contribution < 1.29 is 9.57 Å². The van der Waals surface area contributed by atoms with Crippen molar-refractivity contribution in [3.05, 3.63) is 81.2 Å². The molecule has 34 heavy (non-hydrogen) atoms. The van der Waals surface area contributed by atoms with Gasteiger partial charge in [0.25, 0.3) is 5.56 Å². The second-order valence-corrected chi connectivity index (χ2v) is 8.88. The van der Waals surface area contributed by atoms with Crippen LogP contribution in [0.3, 0.4) is 0 Å². The van der Waals surface area contributed by atoms with Gasteiger partial charge in [-0.15, -0.1) is 4.73 Å². The van der Waals surface area contributed by atoms with Gasteiger partial charge in [0.05, 0.1) is 15.6 Å². The van der Waals surface area contributed by atoms with Crippen molar-refractivity contribution in [2.75, 3.05) is 25.1 Å². The van der Waals surface area contributed by atoms with Gasteiger partial charge in [-0.2, -0.15) is 4.98 Å². The number of rotatable bonds is 6. The molecule has 2 aromatic carbocycles. The highest BCUT2D eigenvalue weighted by Gasteiger charge is 2.20. The smallest absolute Gasteiger partial charge is 0.293 e. The number of nitrogens with one attached hydrogen (secondary N) is 1. The van der Waals surface area contributed by atoms with Crippen LogP contribution in [0.2, 0.25) is 10.0 Å². The summed E-state index contributed by atoms with van der Waals surface area (Å²) in [6.45, 7) is 1.74. The number of hydrogen-bond acceptors (Lipinski definition) is 6. The first-order valence-electron chi connectivity index (χ1n) is 11.0. The maximum Gasteiger partial charge on any atom is 0.293 e. The van der Waals surface area contributed by atoms with E-state index >= 15 is 0 Å². The zero-order chi connectivity index (χ0) is 23.5. The Morgan fingerprint density at radius 2 is 1.79 bits per heavy atom. The first-order chi connectivity index (χ1) is 16.6. The minimum absolute atomic E-state index is 0.284. The Balaban J connectivity index is 1.61. The van der Waals surface area contributed by atoms with Crippen molar-refractivity contribution in [1.29, 1.82) is 0 Å². The Morgan fingerprint density at radius 3 is 2.53 bits per heavy atom. The van der Waals surface area contributed by atoms with Crippen molar-refractivity contribution in [3.63, 3.8) is 0 Å². The summed E-state index contributed by atoms with van der Waals surface area (Å²) < 4.78 is 6.67. The minimum Gasteiger partial charge on any atom is -0.408 e. The van der Waals surface area contributed by atoms with Gasteiger partial charge >= 0.3 is 0 Å². The highest BCUT2D eigenvalue weighted by molar-refractivity contribution is 6.39. The van der Waals surface area contributed by atoms with E-state index in [0.29, 0.717) is 58.0 Å². The van der Waals surface area contributed by atoms with Crippen LogP contribution >= 0.6 is 23.2 Å². The molecule has 2 aromatic heterocycles. The molecule has 0 saturated carbocycles. The Morgan fingerprint density at radius 1 is 1.06 bits per heavy atom. The molecule has 0 atom stereocenters. The molecule has 1 N–H and O–H groups in total. The average Bonchev–Trinajstić information content (AvgIpc) is 2.85. The molecule has 174 valence electrons. The predicted octanol–water partition coefficient (Wildman–Crippen LogP) is 5.36. The van der Waals surface area contributed by atoms with Crippen LogP contribution in [-0.4, -0.2) is 34.5 Å². The van der Waals surface area contributed by atoms with Crippen LogP contribution in [0.15, 0.2) is 65.6 Å². The Hall–Kier alpha value is -3.13. The number of ether oxygens (including phenoxy) is 1.